The molecule has 100 valence electrons. The Morgan fingerprint density at radius 2 is 1.89 bits per heavy atom. The van der Waals surface area contributed by atoms with Gasteiger partial charge in [0.1, 0.15) is 5.75 Å². The van der Waals surface area contributed by atoms with Crippen LogP contribution in [0.3, 0.4) is 0 Å². The second-order valence-corrected chi connectivity index (χ2v) is 4.26. The highest BCUT2D eigenvalue weighted by Gasteiger charge is 2.15. The van der Waals surface area contributed by atoms with Gasteiger partial charge >= 0.3 is 5.97 Å². The summed E-state index contributed by atoms with van der Waals surface area (Å²) in [5, 5.41) is 0. The molecule has 3 nitrogen and oxygen atoms in total. The van der Waals surface area contributed by atoms with Crippen molar-refractivity contribution in [3.63, 3.8) is 0 Å². The summed E-state index contributed by atoms with van der Waals surface area (Å²) in [6, 6.07) is 7.90. The summed E-state index contributed by atoms with van der Waals surface area (Å²) in [6.45, 7) is 6.04. The number of benzene rings is 1. The van der Waals surface area contributed by atoms with E-state index in [-0.39, 0.29) is 5.97 Å². The maximum atomic E-state index is 11.4. The average Bonchev–Trinajstić information content (AvgIpc) is 2.38. The molecule has 0 aromatic heterocycles. The Labute approximate surface area is 109 Å². The standard InChI is InChI=1S/C15H22O3/c1-4-6-7-13-8-10-14(11-9-13)18-12(3)15(16)17-5-2/h8-12H,4-7H2,1-3H3/t12-/m1/s1. The van der Waals surface area contributed by atoms with Gasteiger partial charge in [-0.3, -0.25) is 0 Å². The zero-order valence-electron chi connectivity index (χ0n) is 11.4. The number of unbranched alkanes of at least 4 members (excludes halogenated alkanes) is 1. The van der Waals surface area contributed by atoms with Crippen LogP contribution in [0.4, 0.5) is 0 Å². The predicted octanol–water partition coefficient (Wildman–Crippen LogP) is 3.36. The third kappa shape index (κ3) is 4.78. The third-order valence-corrected chi connectivity index (χ3v) is 2.67. The minimum atomic E-state index is -0.563. The van der Waals surface area contributed by atoms with Gasteiger partial charge in [0.25, 0.3) is 0 Å². The Kier molecular flexibility index (Phi) is 6.26. The van der Waals surface area contributed by atoms with Crippen LogP contribution in [0.2, 0.25) is 0 Å². The Morgan fingerprint density at radius 3 is 2.44 bits per heavy atom. The summed E-state index contributed by atoms with van der Waals surface area (Å²) in [6.07, 6.45) is 2.91. The van der Waals surface area contributed by atoms with Crippen LogP contribution in [-0.4, -0.2) is 18.7 Å². The fraction of sp³-hybridized carbons (Fsp3) is 0.533. The Hall–Kier alpha value is -1.51. The van der Waals surface area contributed by atoms with E-state index in [4.69, 9.17) is 9.47 Å². The molecule has 18 heavy (non-hydrogen) atoms. The smallest absolute Gasteiger partial charge is 0.347 e. The zero-order chi connectivity index (χ0) is 13.4. The molecule has 0 spiro atoms. The third-order valence-electron chi connectivity index (χ3n) is 2.67. The number of rotatable bonds is 7. The van der Waals surface area contributed by atoms with E-state index in [0.29, 0.717) is 12.4 Å². The van der Waals surface area contributed by atoms with Gasteiger partial charge in [0.2, 0.25) is 0 Å². The van der Waals surface area contributed by atoms with Crippen molar-refractivity contribution >= 4 is 5.97 Å². The SMILES string of the molecule is CCCCc1ccc(O[C@H](C)C(=O)OCC)cc1. The molecule has 0 unspecified atom stereocenters. The van der Waals surface area contributed by atoms with Crippen molar-refractivity contribution in [2.24, 2.45) is 0 Å². The van der Waals surface area contributed by atoms with E-state index >= 15 is 0 Å². The lowest BCUT2D eigenvalue weighted by atomic mass is 10.1. The van der Waals surface area contributed by atoms with Crippen LogP contribution in [0.15, 0.2) is 24.3 Å². The van der Waals surface area contributed by atoms with Crippen molar-refractivity contribution in [1.29, 1.82) is 0 Å². The van der Waals surface area contributed by atoms with Crippen LogP contribution in [0.5, 0.6) is 5.75 Å². The van der Waals surface area contributed by atoms with Crippen molar-refractivity contribution in [3.8, 4) is 5.75 Å². The Morgan fingerprint density at radius 1 is 1.22 bits per heavy atom. The van der Waals surface area contributed by atoms with Crippen LogP contribution in [0, 0.1) is 0 Å². The predicted molar refractivity (Wildman–Crippen MR) is 71.8 cm³/mol. The topological polar surface area (TPSA) is 35.5 Å². The number of hydrogen-bond acceptors (Lipinski definition) is 3. The molecule has 0 aliphatic rings. The molecule has 1 rings (SSSR count). The van der Waals surface area contributed by atoms with Crippen molar-refractivity contribution in [1.82, 2.24) is 0 Å². The summed E-state index contributed by atoms with van der Waals surface area (Å²) in [7, 11) is 0. The first-order valence-corrected chi connectivity index (χ1v) is 6.59. The second-order valence-electron chi connectivity index (χ2n) is 4.26. The van der Waals surface area contributed by atoms with Gasteiger partial charge in [-0.15, -0.1) is 0 Å². The molecule has 0 aliphatic heterocycles. The molecule has 1 atom stereocenters. The first-order chi connectivity index (χ1) is 8.67. The summed E-state index contributed by atoms with van der Waals surface area (Å²) in [4.78, 5) is 11.4. The van der Waals surface area contributed by atoms with E-state index in [1.54, 1.807) is 13.8 Å². The maximum absolute atomic E-state index is 11.4. The van der Waals surface area contributed by atoms with Crippen molar-refractivity contribution in [2.45, 2.75) is 46.1 Å². The molecule has 0 N–H and O–H groups in total. The van der Waals surface area contributed by atoms with E-state index in [1.807, 2.05) is 24.3 Å². The lowest BCUT2D eigenvalue weighted by Crippen LogP contribution is -2.26. The molecule has 0 saturated carbocycles. The van der Waals surface area contributed by atoms with Crippen LogP contribution in [-0.2, 0) is 16.0 Å². The van der Waals surface area contributed by atoms with E-state index < -0.39 is 6.10 Å². The van der Waals surface area contributed by atoms with Crippen molar-refractivity contribution < 1.29 is 14.3 Å². The van der Waals surface area contributed by atoms with Crippen molar-refractivity contribution in [2.75, 3.05) is 6.61 Å². The van der Waals surface area contributed by atoms with Crippen LogP contribution < -0.4 is 4.74 Å². The van der Waals surface area contributed by atoms with Gasteiger partial charge in [0.15, 0.2) is 6.10 Å². The highest BCUT2D eigenvalue weighted by molar-refractivity contribution is 5.74. The van der Waals surface area contributed by atoms with E-state index in [2.05, 4.69) is 6.92 Å². The maximum Gasteiger partial charge on any atom is 0.347 e. The molecular weight excluding hydrogens is 228 g/mol. The first kappa shape index (κ1) is 14.6. The molecule has 1 aromatic rings. The highest BCUT2D eigenvalue weighted by atomic mass is 16.6. The largest absolute Gasteiger partial charge is 0.479 e. The average molecular weight is 250 g/mol. The summed E-state index contributed by atoms with van der Waals surface area (Å²) in [5.74, 6) is 0.378. The van der Waals surface area contributed by atoms with Gasteiger partial charge < -0.3 is 9.47 Å². The van der Waals surface area contributed by atoms with Gasteiger partial charge in [-0.25, -0.2) is 4.79 Å². The number of ether oxygens (including phenoxy) is 2. The minimum absolute atomic E-state index is 0.326. The monoisotopic (exact) mass is 250 g/mol. The molecule has 0 amide bonds. The summed E-state index contributed by atoms with van der Waals surface area (Å²) >= 11 is 0. The lowest BCUT2D eigenvalue weighted by molar-refractivity contribution is -0.150. The molecule has 0 saturated heterocycles. The first-order valence-electron chi connectivity index (χ1n) is 6.59. The van der Waals surface area contributed by atoms with Crippen molar-refractivity contribution in [3.05, 3.63) is 29.8 Å². The number of carbonyl (C=O) groups excluding carboxylic acids is 1. The van der Waals surface area contributed by atoms with Crippen LogP contribution in [0.25, 0.3) is 0 Å². The van der Waals surface area contributed by atoms with Crippen LogP contribution >= 0.6 is 0 Å². The Bertz CT molecular complexity index is 357. The fourth-order valence-electron chi connectivity index (χ4n) is 1.63. The molecule has 0 aliphatic carbocycles. The van der Waals surface area contributed by atoms with Gasteiger partial charge in [-0.05, 0) is 44.4 Å². The molecular formula is C15H22O3. The highest BCUT2D eigenvalue weighted by Crippen LogP contribution is 2.15. The van der Waals surface area contributed by atoms with Gasteiger partial charge in [0, 0.05) is 0 Å². The lowest BCUT2D eigenvalue weighted by Gasteiger charge is -2.13. The molecule has 0 bridgehead atoms. The molecule has 3 heteroatoms. The quantitative estimate of drug-likeness (QED) is 0.696. The summed E-state index contributed by atoms with van der Waals surface area (Å²) < 4.78 is 10.4. The van der Waals surface area contributed by atoms with E-state index in [0.717, 1.165) is 6.42 Å². The molecule has 1 aromatic carbocycles. The van der Waals surface area contributed by atoms with Crippen LogP contribution in [0.1, 0.15) is 39.2 Å². The fourth-order valence-corrected chi connectivity index (χ4v) is 1.63. The molecule has 0 fully saturated rings. The van der Waals surface area contributed by atoms with Gasteiger partial charge in [-0.2, -0.15) is 0 Å². The second kappa shape index (κ2) is 7.75. The van der Waals surface area contributed by atoms with E-state index in [9.17, 15) is 4.79 Å². The Balaban J connectivity index is 2.50. The molecule has 0 heterocycles. The number of carbonyl (C=O) groups is 1. The number of esters is 1. The number of aryl methyl sites for hydroxylation is 1. The van der Waals surface area contributed by atoms with Gasteiger partial charge in [0.05, 0.1) is 6.61 Å². The zero-order valence-corrected chi connectivity index (χ0v) is 11.4. The minimum Gasteiger partial charge on any atom is -0.479 e. The van der Waals surface area contributed by atoms with Gasteiger partial charge in [-0.1, -0.05) is 25.5 Å². The summed E-state index contributed by atoms with van der Waals surface area (Å²) in [5.41, 5.74) is 1.30. The van der Waals surface area contributed by atoms with E-state index in [1.165, 1.54) is 18.4 Å². The normalized spacial score (nSPS) is 11.9. The number of hydrogen-bond donors (Lipinski definition) is 0. The molecule has 0 radical (unpaired) electrons.